The Morgan fingerprint density at radius 1 is 1.42 bits per heavy atom. The number of benzene rings is 1. The normalized spacial score (nSPS) is 17.6. The predicted octanol–water partition coefficient (Wildman–Crippen LogP) is 2.09. The summed E-state index contributed by atoms with van der Waals surface area (Å²) in [7, 11) is 2.14. The lowest BCUT2D eigenvalue weighted by Crippen LogP contribution is -2.40. The summed E-state index contributed by atoms with van der Waals surface area (Å²) in [5.41, 5.74) is 2.00. The molecule has 104 valence electrons. The Morgan fingerprint density at radius 3 is 2.74 bits per heavy atom. The molecule has 0 unspecified atom stereocenters. The molecule has 0 atom stereocenters. The zero-order chi connectivity index (χ0) is 13.8. The van der Waals surface area contributed by atoms with Gasteiger partial charge in [-0.2, -0.15) is 0 Å². The Bertz CT molecular complexity index is 454. The number of piperidine rings is 1. The van der Waals surface area contributed by atoms with Crippen LogP contribution in [0.1, 0.15) is 24.0 Å². The van der Waals surface area contributed by atoms with Crippen LogP contribution in [0.4, 0.5) is 5.69 Å². The Kier molecular flexibility index (Phi) is 4.50. The highest BCUT2D eigenvalue weighted by molar-refractivity contribution is 5.44. The van der Waals surface area contributed by atoms with Crippen LogP contribution >= 0.6 is 0 Å². The molecule has 0 amide bonds. The largest absolute Gasteiger partial charge is 0.310 e. The lowest BCUT2D eigenvalue weighted by Gasteiger charge is -2.29. The number of nitro benzene ring substituents is 1. The lowest BCUT2D eigenvalue weighted by molar-refractivity contribution is -0.385. The van der Waals surface area contributed by atoms with E-state index in [1.807, 2.05) is 13.0 Å². The molecular weight excluding hydrogens is 242 g/mol. The van der Waals surface area contributed by atoms with Crippen LogP contribution in [-0.2, 0) is 6.54 Å². The molecule has 0 aromatic heterocycles. The maximum absolute atomic E-state index is 10.9. The van der Waals surface area contributed by atoms with Crippen LogP contribution in [0.5, 0.6) is 0 Å². The highest BCUT2D eigenvalue weighted by atomic mass is 16.6. The third-order valence-corrected chi connectivity index (χ3v) is 3.91. The number of rotatable bonds is 4. The average Bonchev–Trinajstić information content (AvgIpc) is 2.39. The van der Waals surface area contributed by atoms with Crippen molar-refractivity contribution in [3.8, 4) is 0 Å². The maximum Gasteiger partial charge on any atom is 0.272 e. The first kappa shape index (κ1) is 14.0. The number of nitro groups is 1. The van der Waals surface area contributed by atoms with Crippen LogP contribution in [0, 0.1) is 17.0 Å². The number of hydrogen-bond acceptors (Lipinski definition) is 4. The van der Waals surface area contributed by atoms with Gasteiger partial charge in [0.1, 0.15) is 0 Å². The van der Waals surface area contributed by atoms with Crippen molar-refractivity contribution in [1.82, 2.24) is 10.2 Å². The molecule has 0 saturated carbocycles. The standard InChI is InChI=1S/C14H21N3O2/c1-11-12(4-3-5-14(11)17(18)19)10-15-13-6-8-16(2)9-7-13/h3-5,13,15H,6-10H2,1-2H3. The molecule has 0 aliphatic carbocycles. The molecule has 5 heteroatoms. The molecule has 1 saturated heterocycles. The van der Waals surface area contributed by atoms with E-state index in [1.54, 1.807) is 12.1 Å². The molecule has 19 heavy (non-hydrogen) atoms. The van der Waals surface area contributed by atoms with Gasteiger partial charge in [0.05, 0.1) is 4.92 Å². The van der Waals surface area contributed by atoms with E-state index in [4.69, 9.17) is 0 Å². The fraction of sp³-hybridized carbons (Fsp3) is 0.571. The second-order valence-corrected chi connectivity index (χ2v) is 5.28. The second kappa shape index (κ2) is 6.12. The minimum absolute atomic E-state index is 0.211. The van der Waals surface area contributed by atoms with E-state index in [0.29, 0.717) is 12.6 Å². The van der Waals surface area contributed by atoms with Gasteiger partial charge in [0.2, 0.25) is 0 Å². The lowest BCUT2D eigenvalue weighted by atomic mass is 10.0. The summed E-state index contributed by atoms with van der Waals surface area (Å²) in [6.07, 6.45) is 2.29. The van der Waals surface area contributed by atoms with Gasteiger partial charge >= 0.3 is 0 Å². The summed E-state index contributed by atoms with van der Waals surface area (Å²) >= 11 is 0. The van der Waals surface area contributed by atoms with E-state index in [0.717, 1.165) is 37.1 Å². The predicted molar refractivity (Wildman–Crippen MR) is 75.2 cm³/mol. The number of hydrogen-bond donors (Lipinski definition) is 1. The van der Waals surface area contributed by atoms with Crippen molar-refractivity contribution in [2.45, 2.75) is 32.4 Å². The van der Waals surface area contributed by atoms with Gasteiger partial charge in [0, 0.05) is 24.2 Å². The van der Waals surface area contributed by atoms with E-state index < -0.39 is 0 Å². The molecule has 2 rings (SSSR count). The van der Waals surface area contributed by atoms with Gasteiger partial charge in [-0.1, -0.05) is 12.1 Å². The van der Waals surface area contributed by atoms with Crippen molar-refractivity contribution in [3.05, 3.63) is 39.4 Å². The summed E-state index contributed by atoms with van der Waals surface area (Å²) in [5.74, 6) is 0. The van der Waals surface area contributed by atoms with Crippen molar-refractivity contribution < 1.29 is 4.92 Å². The fourth-order valence-electron chi connectivity index (χ4n) is 2.53. The SMILES string of the molecule is Cc1c(CNC2CCN(C)CC2)cccc1[N+](=O)[O-]. The van der Waals surface area contributed by atoms with Crippen molar-refractivity contribution in [1.29, 1.82) is 0 Å². The van der Waals surface area contributed by atoms with Crippen LogP contribution in [0.2, 0.25) is 0 Å². The van der Waals surface area contributed by atoms with E-state index in [9.17, 15) is 10.1 Å². The van der Waals surface area contributed by atoms with Crippen LogP contribution < -0.4 is 5.32 Å². The van der Waals surface area contributed by atoms with Crippen LogP contribution in [0.25, 0.3) is 0 Å². The average molecular weight is 263 g/mol. The molecule has 1 N–H and O–H groups in total. The van der Waals surface area contributed by atoms with Gasteiger partial charge in [-0.05, 0) is 45.5 Å². The Labute approximate surface area is 113 Å². The molecule has 1 aliphatic rings. The first-order chi connectivity index (χ1) is 9.08. The fourth-order valence-corrected chi connectivity index (χ4v) is 2.53. The topological polar surface area (TPSA) is 58.4 Å². The zero-order valence-corrected chi connectivity index (χ0v) is 11.6. The summed E-state index contributed by atoms with van der Waals surface area (Å²) in [5, 5.41) is 14.4. The van der Waals surface area contributed by atoms with Gasteiger partial charge in [0.15, 0.2) is 0 Å². The molecule has 5 nitrogen and oxygen atoms in total. The summed E-state index contributed by atoms with van der Waals surface area (Å²) in [6, 6.07) is 5.81. The number of likely N-dealkylation sites (tertiary alicyclic amines) is 1. The van der Waals surface area contributed by atoms with Crippen LogP contribution in [-0.4, -0.2) is 36.0 Å². The van der Waals surface area contributed by atoms with Gasteiger partial charge in [-0.25, -0.2) is 0 Å². The van der Waals surface area contributed by atoms with Gasteiger partial charge < -0.3 is 10.2 Å². The highest BCUT2D eigenvalue weighted by Gasteiger charge is 2.17. The Hall–Kier alpha value is -1.46. The molecule has 0 spiro atoms. The minimum Gasteiger partial charge on any atom is -0.310 e. The first-order valence-electron chi connectivity index (χ1n) is 6.72. The molecule has 1 aliphatic heterocycles. The zero-order valence-electron chi connectivity index (χ0n) is 11.6. The van der Waals surface area contributed by atoms with Gasteiger partial charge in [0.25, 0.3) is 5.69 Å². The third-order valence-electron chi connectivity index (χ3n) is 3.91. The van der Waals surface area contributed by atoms with Gasteiger partial charge in [-0.3, -0.25) is 10.1 Å². The van der Waals surface area contributed by atoms with E-state index >= 15 is 0 Å². The van der Waals surface area contributed by atoms with Crippen molar-refractivity contribution in [3.63, 3.8) is 0 Å². The quantitative estimate of drug-likeness (QED) is 0.667. The van der Waals surface area contributed by atoms with Crippen molar-refractivity contribution in [2.24, 2.45) is 0 Å². The Morgan fingerprint density at radius 2 is 2.11 bits per heavy atom. The van der Waals surface area contributed by atoms with Crippen molar-refractivity contribution >= 4 is 5.69 Å². The van der Waals surface area contributed by atoms with Crippen LogP contribution in [0.3, 0.4) is 0 Å². The number of nitrogens with one attached hydrogen (secondary N) is 1. The second-order valence-electron chi connectivity index (χ2n) is 5.28. The summed E-state index contributed by atoms with van der Waals surface area (Å²) < 4.78 is 0. The van der Waals surface area contributed by atoms with E-state index in [-0.39, 0.29) is 10.6 Å². The molecule has 1 aromatic rings. The third kappa shape index (κ3) is 3.52. The first-order valence-corrected chi connectivity index (χ1v) is 6.72. The van der Waals surface area contributed by atoms with Gasteiger partial charge in [-0.15, -0.1) is 0 Å². The highest BCUT2D eigenvalue weighted by Crippen LogP contribution is 2.21. The summed E-state index contributed by atoms with van der Waals surface area (Å²) in [6.45, 7) is 4.77. The molecule has 0 radical (unpaired) electrons. The molecular formula is C14H21N3O2. The van der Waals surface area contributed by atoms with Crippen molar-refractivity contribution in [2.75, 3.05) is 20.1 Å². The molecule has 0 bridgehead atoms. The van der Waals surface area contributed by atoms with Crippen LogP contribution in [0.15, 0.2) is 18.2 Å². The molecule has 1 heterocycles. The smallest absolute Gasteiger partial charge is 0.272 e. The number of nitrogens with zero attached hydrogens (tertiary/aromatic N) is 2. The summed E-state index contributed by atoms with van der Waals surface area (Å²) in [4.78, 5) is 12.9. The Balaban J connectivity index is 1.96. The minimum atomic E-state index is -0.311. The molecule has 1 fully saturated rings. The molecule has 1 aromatic carbocycles. The van der Waals surface area contributed by atoms with E-state index in [1.165, 1.54) is 0 Å². The van der Waals surface area contributed by atoms with E-state index in [2.05, 4.69) is 17.3 Å². The maximum atomic E-state index is 10.9. The monoisotopic (exact) mass is 263 g/mol.